The van der Waals surface area contributed by atoms with Gasteiger partial charge in [0.2, 0.25) is 11.7 Å². The minimum atomic E-state index is -0.226. The molecule has 0 saturated carbocycles. The Morgan fingerprint density at radius 3 is 2.93 bits per heavy atom. The van der Waals surface area contributed by atoms with Gasteiger partial charge in [0, 0.05) is 17.4 Å². The molecule has 29 heavy (non-hydrogen) atoms. The maximum absolute atomic E-state index is 12.9. The van der Waals surface area contributed by atoms with Gasteiger partial charge in [-0.05, 0) is 50.1 Å². The fraction of sp³-hybridized carbons (Fsp3) is 0.238. The minimum Gasteiger partial charge on any atom is -0.337 e. The Morgan fingerprint density at radius 1 is 1.28 bits per heavy atom. The van der Waals surface area contributed by atoms with Crippen LogP contribution in [0.2, 0.25) is 0 Å². The van der Waals surface area contributed by atoms with Crippen molar-refractivity contribution in [3.63, 3.8) is 0 Å². The summed E-state index contributed by atoms with van der Waals surface area (Å²) in [6.07, 6.45) is 4.48. The van der Waals surface area contributed by atoms with Crippen LogP contribution in [-0.4, -0.2) is 32.0 Å². The van der Waals surface area contributed by atoms with E-state index in [0.29, 0.717) is 23.1 Å². The lowest BCUT2D eigenvalue weighted by atomic mass is 10.1. The number of anilines is 1. The summed E-state index contributed by atoms with van der Waals surface area (Å²) in [7, 11) is 0. The van der Waals surface area contributed by atoms with Crippen LogP contribution in [0.1, 0.15) is 40.0 Å². The highest BCUT2D eigenvalue weighted by atomic mass is 16.5. The summed E-state index contributed by atoms with van der Waals surface area (Å²) in [4.78, 5) is 21.7. The maximum atomic E-state index is 12.9. The SMILES string of the molecule is Cc1ccc2ncc(C(=O)Nc3cc(-c4noc([C@@H]5CCN5)n4)ccc3C)n2c1. The topological polar surface area (TPSA) is 97.4 Å². The molecule has 1 saturated heterocycles. The molecule has 146 valence electrons. The zero-order valence-electron chi connectivity index (χ0n) is 16.1. The number of amides is 1. The van der Waals surface area contributed by atoms with E-state index in [1.807, 2.05) is 50.4 Å². The molecule has 3 aromatic heterocycles. The van der Waals surface area contributed by atoms with Crippen LogP contribution in [0, 0.1) is 13.8 Å². The van der Waals surface area contributed by atoms with Crippen molar-refractivity contribution < 1.29 is 9.32 Å². The largest absolute Gasteiger partial charge is 0.337 e. The summed E-state index contributed by atoms with van der Waals surface area (Å²) < 4.78 is 7.16. The van der Waals surface area contributed by atoms with E-state index in [-0.39, 0.29) is 11.9 Å². The standard InChI is InChI=1S/C21H20N6O2/c1-12-3-6-18-23-10-17(27(18)11-12)20(28)24-16-9-14(5-4-13(16)2)19-25-21(29-26-19)15-7-8-22-15/h3-6,9-11,15,22H,7-8H2,1-2H3,(H,24,28)/t15-/m0/s1. The molecule has 1 fully saturated rings. The van der Waals surface area contributed by atoms with Gasteiger partial charge in [-0.3, -0.25) is 9.20 Å². The molecule has 0 spiro atoms. The average molecular weight is 388 g/mol. The van der Waals surface area contributed by atoms with Gasteiger partial charge in [0.25, 0.3) is 5.91 Å². The van der Waals surface area contributed by atoms with Gasteiger partial charge >= 0.3 is 0 Å². The lowest BCUT2D eigenvalue weighted by Gasteiger charge is -2.23. The molecule has 5 rings (SSSR count). The Kier molecular flexibility index (Phi) is 4.13. The van der Waals surface area contributed by atoms with Crippen LogP contribution >= 0.6 is 0 Å². The summed E-state index contributed by atoms with van der Waals surface area (Å²) in [5, 5.41) is 10.3. The van der Waals surface area contributed by atoms with E-state index in [1.54, 1.807) is 10.6 Å². The molecule has 1 amide bonds. The summed E-state index contributed by atoms with van der Waals surface area (Å²) in [5.74, 6) is 0.879. The highest BCUT2D eigenvalue weighted by Gasteiger charge is 2.25. The van der Waals surface area contributed by atoms with E-state index < -0.39 is 0 Å². The summed E-state index contributed by atoms with van der Waals surface area (Å²) in [6, 6.07) is 9.72. The van der Waals surface area contributed by atoms with Gasteiger partial charge in [-0.15, -0.1) is 0 Å². The molecule has 8 heteroatoms. The Labute approximate surface area is 167 Å². The van der Waals surface area contributed by atoms with Gasteiger partial charge in [-0.1, -0.05) is 23.4 Å². The van der Waals surface area contributed by atoms with Crippen molar-refractivity contribution in [3.05, 3.63) is 65.4 Å². The molecule has 1 aromatic carbocycles. The number of pyridine rings is 1. The molecule has 4 heterocycles. The van der Waals surface area contributed by atoms with E-state index in [1.165, 1.54) is 0 Å². The molecule has 0 aliphatic carbocycles. The molecule has 0 radical (unpaired) electrons. The first kappa shape index (κ1) is 17.6. The van der Waals surface area contributed by atoms with E-state index >= 15 is 0 Å². The molecule has 1 atom stereocenters. The predicted molar refractivity (Wildman–Crippen MR) is 108 cm³/mol. The predicted octanol–water partition coefficient (Wildman–Crippen LogP) is 3.29. The number of nitrogens with one attached hydrogen (secondary N) is 2. The smallest absolute Gasteiger partial charge is 0.274 e. The van der Waals surface area contributed by atoms with Gasteiger partial charge in [0.1, 0.15) is 11.3 Å². The van der Waals surface area contributed by atoms with Crippen LogP contribution < -0.4 is 10.6 Å². The first-order chi connectivity index (χ1) is 14.1. The highest BCUT2D eigenvalue weighted by Crippen LogP contribution is 2.27. The monoisotopic (exact) mass is 388 g/mol. The van der Waals surface area contributed by atoms with Crippen LogP contribution in [-0.2, 0) is 0 Å². The Hall–Kier alpha value is -3.52. The van der Waals surface area contributed by atoms with Crippen LogP contribution in [0.25, 0.3) is 17.0 Å². The van der Waals surface area contributed by atoms with Crippen LogP contribution in [0.3, 0.4) is 0 Å². The van der Waals surface area contributed by atoms with E-state index in [9.17, 15) is 4.79 Å². The van der Waals surface area contributed by atoms with Crippen molar-refractivity contribution >= 4 is 17.2 Å². The third-order valence-corrected chi connectivity index (χ3v) is 5.19. The number of carbonyl (C=O) groups is 1. The van der Waals surface area contributed by atoms with Crippen molar-refractivity contribution in [2.24, 2.45) is 0 Å². The maximum Gasteiger partial charge on any atom is 0.274 e. The van der Waals surface area contributed by atoms with Gasteiger partial charge in [0.15, 0.2) is 0 Å². The normalized spacial score (nSPS) is 16.0. The molecule has 4 aromatic rings. The number of rotatable bonds is 4. The molecule has 1 aliphatic heterocycles. The van der Waals surface area contributed by atoms with Crippen molar-refractivity contribution in [1.82, 2.24) is 24.8 Å². The highest BCUT2D eigenvalue weighted by molar-refractivity contribution is 6.04. The number of fused-ring (bicyclic) bond motifs is 1. The summed E-state index contributed by atoms with van der Waals surface area (Å²) in [5.41, 5.74) is 4.69. The number of hydrogen-bond donors (Lipinski definition) is 2. The second kappa shape index (κ2) is 6.82. The van der Waals surface area contributed by atoms with Gasteiger partial charge in [-0.25, -0.2) is 4.98 Å². The summed E-state index contributed by atoms with van der Waals surface area (Å²) >= 11 is 0. The van der Waals surface area contributed by atoms with Crippen molar-refractivity contribution in [3.8, 4) is 11.4 Å². The van der Waals surface area contributed by atoms with Gasteiger partial charge < -0.3 is 15.2 Å². The number of aromatic nitrogens is 4. The second-order valence-corrected chi connectivity index (χ2v) is 7.31. The van der Waals surface area contributed by atoms with Crippen LogP contribution in [0.15, 0.2) is 47.2 Å². The minimum absolute atomic E-state index is 0.138. The Morgan fingerprint density at radius 2 is 2.14 bits per heavy atom. The van der Waals surface area contributed by atoms with E-state index in [0.717, 1.165) is 35.3 Å². The van der Waals surface area contributed by atoms with Crippen molar-refractivity contribution in [2.75, 3.05) is 11.9 Å². The number of carbonyl (C=O) groups excluding carboxylic acids is 1. The van der Waals surface area contributed by atoms with Crippen LogP contribution in [0.4, 0.5) is 5.69 Å². The third kappa shape index (κ3) is 3.17. The number of aryl methyl sites for hydroxylation is 2. The van der Waals surface area contributed by atoms with Crippen LogP contribution in [0.5, 0.6) is 0 Å². The molecule has 8 nitrogen and oxygen atoms in total. The molecule has 1 aliphatic rings. The molecule has 2 N–H and O–H groups in total. The Bertz CT molecular complexity index is 1220. The second-order valence-electron chi connectivity index (χ2n) is 7.31. The number of imidazole rings is 1. The summed E-state index contributed by atoms with van der Waals surface area (Å²) in [6.45, 7) is 4.89. The van der Waals surface area contributed by atoms with Gasteiger partial charge in [0.05, 0.1) is 12.2 Å². The molecular formula is C21H20N6O2. The lowest BCUT2D eigenvalue weighted by Crippen LogP contribution is -2.35. The zero-order chi connectivity index (χ0) is 20.0. The first-order valence-corrected chi connectivity index (χ1v) is 9.51. The quantitative estimate of drug-likeness (QED) is 0.557. The van der Waals surface area contributed by atoms with E-state index in [4.69, 9.17) is 4.52 Å². The molecular weight excluding hydrogens is 368 g/mol. The fourth-order valence-corrected chi connectivity index (χ4v) is 3.33. The zero-order valence-corrected chi connectivity index (χ0v) is 16.1. The lowest BCUT2D eigenvalue weighted by molar-refractivity contribution is 0.102. The molecule has 0 bridgehead atoms. The van der Waals surface area contributed by atoms with Crippen molar-refractivity contribution in [1.29, 1.82) is 0 Å². The number of hydrogen-bond acceptors (Lipinski definition) is 6. The Balaban J connectivity index is 1.43. The van der Waals surface area contributed by atoms with E-state index in [2.05, 4.69) is 25.8 Å². The molecule has 0 unspecified atom stereocenters. The number of benzene rings is 1. The van der Waals surface area contributed by atoms with Crippen molar-refractivity contribution in [2.45, 2.75) is 26.3 Å². The fourth-order valence-electron chi connectivity index (χ4n) is 3.33. The number of nitrogens with zero attached hydrogens (tertiary/aromatic N) is 4. The van der Waals surface area contributed by atoms with Gasteiger partial charge in [-0.2, -0.15) is 4.98 Å². The first-order valence-electron chi connectivity index (χ1n) is 9.51. The average Bonchev–Trinajstić information content (AvgIpc) is 3.29. The third-order valence-electron chi connectivity index (χ3n) is 5.19.